The molecular weight excluding hydrogens is 377 g/mol. The van der Waals surface area contributed by atoms with Crippen molar-refractivity contribution in [3.05, 3.63) is 59.7 Å². The molecule has 8 heteroatoms. The van der Waals surface area contributed by atoms with Crippen molar-refractivity contribution in [2.24, 2.45) is 0 Å². The summed E-state index contributed by atoms with van der Waals surface area (Å²) in [5, 5.41) is 2.61. The SMILES string of the molecule is O=C(CCN1C(=O)CSc2ccccc21)NCc1cccc(C(F)(F)F)c1. The number of hydrogen-bond acceptors (Lipinski definition) is 3. The summed E-state index contributed by atoms with van der Waals surface area (Å²) in [6.07, 6.45) is -4.34. The monoisotopic (exact) mass is 394 g/mol. The standard InChI is InChI=1S/C19H17F3N2O2S/c20-19(21,22)14-5-3-4-13(10-14)11-23-17(25)8-9-24-15-6-1-2-7-16(15)27-12-18(24)26/h1-7,10H,8-9,11-12H2,(H,23,25). The van der Waals surface area contributed by atoms with Crippen molar-refractivity contribution in [1.82, 2.24) is 5.32 Å². The average Bonchev–Trinajstić information content (AvgIpc) is 2.65. The van der Waals surface area contributed by atoms with Gasteiger partial charge in [-0.2, -0.15) is 13.2 Å². The number of carbonyl (C=O) groups is 2. The first kappa shape index (κ1) is 19.3. The van der Waals surface area contributed by atoms with Crippen molar-refractivity contribution < 1.29 is 22.8 Å². The summed E-state index contributed by atoms with van der Waals surface area (Å²) in [6, 6.07) is 12.3. The van der Waals surface area contributed by atoms with Gasteiger partial charge < -0.3 is 10.2 Å². The van der Waals surface area contributed by atoms with Crippen molar-refractivity contribution in [3.8, 4) is 0 Å². The molecular formula is C19H17F3N2O2S. The number of para-hydroxylation sites is 1. The van der Waals surface area contributed by atoms with Crippen LogP contribution >= 0.6 is 11.8 Å². The second-order valence-electron chi connectivity index (χ2n) is 6.03. The molecule has 1 N–H and O–H groups in total. The molecule has 0 spiro atoms. The predicted molar refractivity (Wildman–Crippen MR) is 97.4 cm³/mol. The number of halogens is 3. The highest BCUT2D eigenvalue weighted by atomic mass is 32.2. The normalized spacial score (nSPS) is 14.0. The Morgan fingerprint density at radius 1 is 1.15 bits per heavy atom. The van der Waals surface area contributed by atoms with Gasteiger partial charge in [0, 0.05) is 24.4 Å². The highest BCUT2D eigenvalue weighted by Crippen LogP contribution is 2.34. The number of rotatable bonds is 5. The molecule has 0 aliphatic carbocycles. The quantitative estimate of drug-likeness (QED) is 0.838. The van der Waals surface area contributed by atoms with E-state index in [9.17, 15) is 22.8 Å². The first-order valence-electron chi connectivity index (χ1n) is 8.29. The number of hydrogen-bond donors (Lipinski definition) is 1. The number of fused-ring (bicyclic) bond motifs is 1. The van der Waals surface area contributed by atoms with Gasteiger partial charge in [0.15, 0.2) is 0 Å². The van der Waals surface area contributed by atoms with Crippen molar-refractivity contribution in [2.45, 2.75) is 24.0 Å². The fraction of sp³-hybridized carbons (Fsp3) is 0.263. The van der Waals surface area contributed by atoms with Crippen LogP contribution in [0.5, 0.6) is 0 Å². The van der Waals surface area contributed by atoms with Gasteiger partial charge in [-0.1, -0.05) is 24.3 Å². The van der Waals surface area contributed by atoms with Crippen molar-refractivity contribution in [1.29, 1.82) is 0 Å². The van der Waals surface area contributed by atoms with Crippen molar-refractivity contribution >= 4 is 29.3 Å². The van der Waals surface area contributed by atoms with Crippen LogP contribution in [0.4, 0.5) is 18.9 Å². The molecule has 3 rings (SSSR count). The smallest absolute Gasteiger partial charge is 0.352 e. The van der Waals surface area contributed by atoms with Gasteiger partial charge in [0.05, 0.1) is 17.0 Å². The van der Waals surface area contributed by atoms with Crippen LogP contribution in [0.15, 0.2) is 53.4 Å². The van der Waals surface area contributed by atoms with E-state index in [-0.39, 0.29) is 31.3 Å². The number of nitrogens with zero attached hydrogens (tertiary/aromatic N) is 1. The van der Waals surface area contributed by atoms with E-state index in [0.717, 1.165) is 22.7 Å². The Kier molecular flexibility index (Phi) is 5.74. The van der Waals surface area contributed by atoms with E-state index in [1.807, 2.05) is 24.3 Å². The lowest BCUT2D eigenvalue weighted by Gasteiger charge is -2.28. The van der Waals surface area contributed by atoms with Gasteiger partial charge in [0.1, 0.15) is 0 Å². The van der Waals surface area contributed by atoms with E-state index in [0.29, 0.717) is 11.3 Å². The molecule has 0 aromatic heterocycles. The number of alkyl halides is 3. The molecule has 142 valence electrons. The molecule has 0 saturated heterocycles. The van der Waals surface area contributed by atoms with Gasteiger partial charge in [-0.25, -0.2) is 0 Å². The predicted octanol–water partition coefficient (Wildman–Crippen LogP) is 3.85. The topological polar surface area (TPSA) is 49.4 Å². The van der Waals surface area contributed by atoms with Crippen LogP contribution in [0.1, 0.15) is 17.5 Å². The first-order chi connectivity index (χ1) is 12.8. The third-order valence-corrected chi connectivity index (χ3v) is 5.16. The molecule has 0 atom stereocenters. The summed E-state index contributed by atoms with van der Waals surface area (Å²) in [7, 11) is 0. The molecule has 1 heterocycles. The van der Waals surface area contributed by atoms with Crippen LogP contribution < -0.4 is 10.2 Å². The summed E-state index contributed by atoms with van der Waals surface area (Å²) in [6.45, 7) is 0.230. The van der Waals surface area contributed by atoms with Gasteiger partial charge >= 0.3 is 6.18 Å². The van der Waals surface area contributed by atoms with E-state index in [2.05, 4.69) is 5.32 Å². The van der Waals surface area contributed by atoms with E-state index in [1.54, 1.807) is 4.90 Å². The number of benzene rings is 2. The lowest BCUT2D eigenvalue weighted by molar-refractivity contribution is -0.137. The Morgan fingerprint density at radius 2 is 1.93 bits per heavy atom. The lowest BCUT2D eigenvalue weighted by atomic mass is 10.1. The van der Waals surface area contributed by atoms with Crippen molar-refractivity contribution in [2.75, 3.05) is 17.2 Å². The summed E-state index contributed by atoms with van der Waals surface area (Å²) >= 11 is 1.46. The number of nitrogens with one attached hydrogen (secondary N) is 1. The second kappa shape index (κ2) is 8.04. The van der Waals surface area contributed by atoms with Crippen LogP contribution in [-0.2, 0) is 22.3 Å². The van der Waals surface area contributed by atoms with Crippen LogP contribution in [0.2, 0.25) is 0 Å². The zero-order chi connectivity index (χ0) is 19.4. The molecule has 2 aromatic rings. The minimum atomic E-state index is -4.42. The van der Waals surface area contributed by atoms with Crippen LogP contribution in [0.25, 0.3) is 0 Å². The van der Waals surface area contributed by atoms with E-state index < -0.39 is 11.7 Å². The Hall–Kier alpha value is -2.48. The molecule has 27 heavy (non-hydrogen) atoms. The minimum absolute atomic E-state index is 0.00311. The molecule has 4 nitrogen and oxygen atoms in total. The molecule has 1 aliphatic rings. The summed E-state index contributed by atoms with van der Waals surface area (Å²) in [5.41, 5.74) is 0.403. The van der Waals surface area contributed by atoms with E-state index >= 15 is 0 Å². The van der Waals surface area contributed by atoms with Gasteiger partial charge in [-0.05, 0) is 29.8 Å². The number of thioether (sulfide) groups is 1. The van der Waals surface area contributed by atoms with Crippen molar-refractivity contribution in [3.63, 3.8) is 0 Å². The maximum Gasteiger partial charge on any atom is 0.416 e. The summed E-state index contributed by atoms with van der Waals surface area (Å²) in [5.74, 6) is -0.0663. The first-order valence-corrected chi connectivity index (χ1v) is 9.28. The van der Waals surface area contributed by atoms with E-state index in [4.69, 9.17) is 0 Å². The molecule has 0 fully saturated rings. The number of amides is 2. The van der Waals surface area contributed by atoms with Crippen LogP contribution in [-0.4, -0.2) is 24.1 Å². The Bertz CT molecular complexity index is 855. The molecule has 1 aliphatic heterocycles. The number of carbonyl (C=O) groups excluding carboxylic acids is 2. The van der Waals surface area contributed by atoms with Gasteiger partial charge in [0.2, 0.25) is 11.8 Å². The highest BCUT2D eigenvalue weighted by molar-refractivity contribution is 8.00. The molecule has 0 unspecified atom stereocenters. The average molecular weight is 394 g/mol. The summed E-state index contributed by atoms with van der Waals surface area (Å²) < 4.78 is 38.2. The largest absolute Gasteiger partial charge is 0.416 e. The fourth-order valence-electron chi connectivity index (χ4n) is 2.76. The van der Waals surface area contributed by atoms with E-state index in [1.165, 1.54) is 23.9 Å². The molecule has 0 saturated carbocycles. The Balaban J connectivity index is 1.56. The van der Waals surface area contributed by atoms with Gasteiger partial charge in [-0.15, -0.1) is 11.8 Å². The zero-order valence-corrected chi connectivity index (χ0v) is 15.1. The van der Waals surface area contributed by atoms with Crippen LogP contribution in [0, 0.1) is 0 Å². The molecule has 2 aromatic carbocycles. The molecule has 0 radical (unpaired) electrons. The van der Waals surface area contributed by atoms with Gasteiger partial charge in [0.25, 0.3) is 0 Å². The van der Waals surface area contributed by atoms with Crippen LogP contribution in [0.3, 0.4) is 0 Å². The Morgan fingerprint density at radius 3 is 2.70 bits per heavy atom. The minimum Gasteiger partial charge on any atom is -0.352 e. The zero-order valence-electron chi connectivity index (χ0n) is 14.3. The fourth-order valence-corrected chi connectivity index (χ4v) is 3.69. The molecule has 2 amide bonds. The lowest BCUT2D eigenvalue weighted by Crippen LogP contribution is -2.38. The second-order valence-corrected chi connectivity index (χ2v) is 7.04. The van der Waals surface area contributed by atoms with Gasteiger partial charge in [-0.3, -0.25) is 9.59 Å². The summed E-state index contributed by atoms with van der Waals surface area (Å²) in [4.78, 5) is 26.8. The Labute approximate surface area is 158 Å². The highest BCUT2D eigenvalue weighted by Gasteiger charge is 2.30. The third-order valence-electron chi connectivity index (χ3n) is 4.11. The third kappa shape index (κ3) is 4.82. The maximum absolute atomic E-state index is 12.7. The number of anilines is 1. The maximum atomic E-state index is 12.7. The molecule has 0 bridgehead atoms.